The van der Waals surface area contributed by atoms with Crippen LogP contribution in [0.1, 0.15) is 113 Å². The summed E-state index contributed by atoms with van der Waals surface area (Å²) in [5.74, 6) is 2.47. The zero-order valence-corrected chi connectivity index (χ0v) is 22.0. The van der Waals surface area contributed by atoms with Gasteiger partial charge < -0.3 is 10.2 Å². The summed E-state index contributed by atoms with van der Waals surface area (Å²) in [5, 5.41) is 22.4. The molecule has 0 aromatic carbocycles. The van der Waals surface area contributed by atoms with Crippen LogP contribution >= 0.6 is 0 Å². The van der Waals surface area contributed by atoms with Gasteiger partial charge in [-0.1, -0.05) is 46.3 Å². The van der Waals surface area contributed by atoms with E-state index in [1.165, 1.54) is 50.5 Å². The molecule has 0 heterocycles. The van der Waals surface area contributed by atoms with Crippen LogP contribution in [0.5, 0.6) is 0 Å². The van der Waals surface area contributed by atoms with Gasteiger partial charge in [0.25, 0.3) is 0 Å². The smallest absolute Gasteiger partial charge is 0.0594 e. The van der Waals surface area contributed by atoms with E-state index in [0.29, 0.717) is 28.6 Å². The van der Waals surface area contributed by atoms with E-state index in [-0.39, 0.29) is 28.5 Å². The Kier molecular flexibility index (Phi) is 5.19. The first-order valence-electron chi connectivity index (χ1n) is 13.9. The van der Waals surface area contributed by atoms with E-state index in [9.17, 15) is 10.2 Å². The molecule has 2 heteroatoms. The first-order valence-corrected chi connectivity index (χ1v) is 13.9. The summed E-state index contributed by atoms with van der Waals surface area (Å²) >= 11 is 0. The first kappa shape index (κ1) is 23.4. The highest BCUT2D eigenvalue weighted by Gasteiger charge is 2.82. The van der Waals surface area contributed by atoms with Crippen molar-refractivity contribution in [2.45, 2.75) is 125 Å². The van der Waals surface area contributed by atoms with Gasteiger partial charge in [0.15, 0.2) is 0 Å². The summed E-state index contributed by atoms with van der Waals surface area (Å²) < 4.78 is 0. The minimum Gasteiger partial charge on any atom is -0.393 e. The number of rotatable bonds is 4. The third kappa shape index (κ3) is 2.72. The maximum atomic E-state index is 11.5. The fourth-order valence-corrected chi connectivity index (χ4v) is 11.3. The first-order chi connectivity index (χ1) is 14.9. The van der Waals surface area contributed by atoms with E-state index in [4.69, 9.17) is 0 Å². The topological polar surface area (TPSA) is 40.5 Å². The number of hydrogen-bond acceptors (Lipinski definition) is 2. The summed E-state index contributed by atoms with van der Waals surface area (Å²) in [6, 6.07) is 0. The number of aliphatic hydroxyl groups is 2. The van der Waals surface area contributed by atoms with Crippen LogP contribution in [-0.2, 0) is 0 Å². The molecular weight excluding hydrogens is 392 g/mol. The molecular formula is C30H50O2. The van der Waals surface area contributed by atoms with Crippen molar-refractivity contribution in [1.29, 1.82) is 0 Å². The Bertz CT molecular complexity index is 795. The Balaban J connectivity index is 1.44. The monoisotopic (exact) mass is 442 g/mol. The molecule has 5 aliphatic carbocycles. The van der Waals surface area contributed by atoms with E-state index in [1.807, 2.05) is 0 Å². The molecule has 182 valence electrons. The van der Waals surface area contributed by atoms with E-state index in [1.54, 1.807) is 0 Å². The average Bonchev–Trinajstić information content (AvgIpc) is 3.30. The number of allylic oxidation sites excluding steroid dienone is 2. The minimum atomic E-state index is -0.140. The Morgan fingerprint density at radius 3 is 2.25 bits per heavy atom. The summed E-state index contributed by atoms with van der Waals surface area (Å²) in [7, 11) is 0. The third-order valence-corrected chi connectivity index (χ3v) is 12.9. The molecule has 10 atom stereocenters. The fraction of sp³-hybridized carbons (Fsp3) is 0.933. The molecule has 0 aliphatic heterocycles. The summed E-state index contributed by atoms with van der Waals surface area (Å²) in [6.45, 7) is 16.7. The van der Waals surface area contributed by atoms with Crippen LogP contribution in [0.4, 0.5) is 0 Å². The maximum absolute atomic E-state index is 11.5. The van der Waals surface area contributed by atoms with Crippen LogP contribution < -0.4 is 0 Å². The van der Waals surface area contributed by atoms with Crippen molar-refractivity contribution in [1.82, 2.24) is 0 Å². The molecule has 5 rings (SSSR count). The van der Waals surface area contributed by atoms with Crippen LogP contribution in [-0.4, -0.2) is 22.4 Å². The lowest BCUT2D eigenvalue weighted by Gasteiger charge is -2.63. The van der Waals surface area contributed by atoms with Gasteiger partial charge in [0.2, 0.25) is 0 Å². The lowest BCUT2D eigenvalue weighted by atomic mass is 9.41. The summed E-state index contributed by atoms with van der Waals surface area (Å²) in [4.78, 5) is 0. The van der Waals surface area contributed by atoms with Gasteiger partial charge in [-0.15, -0.1) is 0 Å². The molecule has 5 fully saturated rings. The van der Waals surface area contributed by atoms with Gasteiger partial charge in [-0.3, -0.25) is 0 Å². The second kappa shape index (κ2) is 7.09. The van der Waals surface area contributed by atoms with E-state index >= 15 is 0 Å². The number of hydrogen-bond donors (Lipinski definition) is 2. The Hall–Kier alpha value is -0.340. The van der Waals surface area contributed by atoms with Crippen molar-refractivity contribution >= 4 is 0 Å². The molecule has 5 aliphatic rings. The van der Waals surface area contributed by atoms with Gasteiger partial charge in [-0.2, -0.15) is 0 Å². The Morgan fingerprint density at radius 1 is 0.906 bits per heavy atom. The predicted octanol–water partition coefficient (Wildman–Crippen LogP) is 7.14. The molecule has 2 spiro atoms. The van der Waals surface area contributed by atoms with Gasteiger partial charge in [-0.05, 0) is 129 Å². The molecule has 0 radical (unpaired) electrons. The molecule has 0 amide bonds. The van der Waals surface area contributed by atoms with Crippen molar-refractivity contribution < 1.29 is 10.2 Å². The molecule has 0 aromatic rings. The summed E-state index contributed by atoms with van der Waals surface area (Å²) in [5.41, 5.74) is 2.98. The van der Waals surface area contributed by atoms with E-state index in [2.05, 4.69) is 54.5 Å². The highest BCUT2D eigenvalue weighted by Crippen LogP contribution is 2.89. The van der Waals surface area contributed by atoms with Crippen LogP contribution in [0.25, 0.3) is 0 Å². The van der Waals surface area contributed by atoms with Gasteiger partial charge in [0.05, 0.1) is 12.2 Å². The third-order valence-electron chi connectivity index (χ3n) is 12.9. The molecule has 2 nitrogen and oxygen atoms in total. The summed E-state index contributed by atoms with van der Waals surface area (Å²) in [6.07, 6.45) is 14.4. The van der Waals surface area contributed by atoms with Gasteiger partial charge >= 0.3 is 0 Å². The average molecular weight is 443 g/mol. The molecule has 32 heavy (non-hydrogen) atoms. The van der Waals surface area contributed by atoms with Crippen LogP contribution in [0.2, 0.25) is 0 Å². The van der Waals surface area contributed by atoms with E-state index < -0.39 is 0 Å². The zero-order valence-electron chi connectivity index (χ0n) is 22.0. The quantitative estimate of drug-likeness (QED) is 0.454. The fourth-order valence-electron chi connectivity index (χ4n) is 11.3. The standard InChI is InChI=1S/C30H50O2/c1-19(2)9-8-10-20(3)25-21(31)17-28(7)23-12-11-22-26(4,5)24(32)13-14-29(22)18-30(23,29)16-15-27(25,28)6/h9,20-25,31-32H,8,10-18H2,1-7H3. The van der Waals surface area contributed by atoms with Gasteiger partial charge in [0.1, 0.15) is 0 Å². The molecule has 5 saturated carbocycles. The van der Waals surface area contributed by atoms with Gasteiger partial charge in [-0.25, -0.2) is 0 Å². The molecule has 0 aromatic heterocycles. The van der Waals surface area contributed by atoms with Crippen molar-refractivity contribution in [3.05, 3.63) is 11.6 Å². The molecule has 0 bridgehead atoms. The van der Waals surface area contributed by atoms with Gasteiger partial charge in [0, 0.05) is 0 Å². The van der Waals surface area contributed by atoms with Crippen molar-refractivity contribution in [2.75, 3.05) is 0 Å². The van der Waals surface area contributed by atoms with Crippen LogP contribution in [0, 0.1) is 50.7 Å². The van der Waals surface area contributed by atoms with Crippen molar-refractivity contribution in [3.8, 4) is 0 Å². The Morgan fingerprint density at radius 2 is 1.56 bits per heavy atom. The predicted molar refractivity (Wildman–Crippen MR) is 132 cm³/mol. The van der Waals surface area contributed by atoms with Crippen molar-refractivity contribution in [2.24, 2.45) is 50.7 Å². The molecule has 0 saturated heterocycles. The zero-order chi connectivity index (χ0) is 23.3. The Labute approximate surface area is 197 Å². The van der Waals surface area contributed by atoms with Crippen molar-refractivity contribution in [3.63, 3.8) is 0 Å². The maximum Gasteiger partial charge on any atom is 0.0594 e. The van der Waals surface area contributed by atoms with E-state index in [0.717, 1.165) is 25.2 Å². The van der Waals surface area contributed by atoms with Crippen LogP contribution in [0.3, 0.4) is 0 Å². The highest BCUT2D eigenvalue weighted by atomic mass is 16.3. The van der Waals surface area contributed by atoms with Crippen LogP contribution in [0.15, 0.2) is 11.6 Å². The molecule has 10 unspecified atom stereocenters. The lowest BCUT2D eigenvalue weighted by Crippen LogP contribution is -2.57. The minimum absolute atomic E-state index is 0.0611. The number of fused-ring (bicyclic) bond motifs is 2. The largest absolute Gasteiger partial charge is 0.393 e. The normalized spacial score (nSPS) is 54.0. The highest BCUT2D eigenvalue weighted by molar-refractivity contribution is 5.31. The lowest BCUT2D eigenvalue weighted by molar-refractivity contribution is -0.161. The number of aliphatic hydroxyl groups excluding tert-OH is 2. The second-order valence-electron chi connectivity index (χ2n) is 14.5. The second-order valence-corrected chi connectivity index (χ2v) is 14.5. The molecule has 2 N–H and O–H groups in total. The SMILES string of the molecule is CC(C)=CCCC(C)C1C(O)CC2(C)C3CCC4C(C)(C)C(O)CCC45CC35CCC12C.